The molecule has 0 spiro atoms. The van der Waals surface area contributed by atoms with E-state index in [1.54, 1.807) is 13.3 Å². The standard InChI is InChI=1S/C18H22N2O.C3H8N2O.C2H6/c1-3-5-6-7-8-18-16(4-2)9-10-20(18)13-17-11-15(12-19)14-21-17;1-3(6)5-4-2;1-2/h4,6-12,14,19H,3,5,13H2,1-2H3;4H,1-2H3,(H,5,6);1-2H3/b7-6-,16-4-,18-8+,19-12?;;. The van der Waals surface area contributed by atoms with Gasteiger partial charge in [0.15, 0.2) is 0 Å². The molecule has 6 nitrogen and oxygen atoms in total. The van der Waals surface area contributed by atoms with Gasteiger partial charge < -0.3 is 14.4 Å². The van der Waals surface area contributed by atoms with E-state index < -0.39 is 0 Å². The number of rotatable bonds is 7. The minimum Gasteiger partial charge on any atom is -0.467 e. The predicted molar refractivity (Wildman–Crippen MR) is 122 cm³/mol. The zero-order chi connectivity index (χ0) is 22.1. The van der Waals surface area contributed by atoms with E-state index in [2.05, 4.69) is 58.9 Å². The van der Waals surface area contributed by atoms with E-state index in [0.29, 0.717) is 6.54 Å². The highest BCUT2D eigenvalue weighted by molar-refractivity contribution is 5.76. The molecule has 0 bridgehead atoms. The quantitative estimate of drug-likeness (QED) is 0.492. The molecular weight excluding hydrogens is 364 g/mol. The zero-order valence-electron chi connectivity index (χ0n) is 18.6. The van der Waals surface area contributed by atoms with E-state index in [1.165, 1.54) is 23.7 Å². The summed E-state index contributed by atoms with van der Waals surface area (Å²) in [5.41, 5.74) is 5.59. The van der Waals surface area contributed by atoms with Crippen LogP contribution >= 0.6 is 0 Å². The Morgan fingerprint density at radius 2 is 2.07 bits per heavy atom. The lowest BCUT2D eigenvalue weighted by Gasteiger charge is -2.00. The van der Waals surface area contributed by atoms with Crippen molar-refractivity contribution in [3.8, 4) is 0 Å². The lowest BCUT2D eigenvalue weighted by molar-refractivity contribution is -0.119. The molecule has 2 heterocycles. The van der Waals surface area contributed by atoms with Gasteiger partial charge in [-0.2, -0.15) is 0 Å². The van der Waals surface area contributed by atoms with Crippen LogP contribution in [0.4, 0.5) is 0 Å². The van der Waals surface area contributed by atoms with Gasteiger partial charge in [0.25, 0.3) is 0 Å². The van der Waals surface area contributed by atoms with Gasteiger partial charge in [-0.3, -0.25) is 10.2 Å². The summed E-state index contributed by atoms with van der Waals surface area (Å²) in [5.74, 6) is 0.788. The second kappa shape index (κ2) is 16.1. The van der Waals surface area contributed by atoms with Crippen molar-refractivity contribution in [2.45, 2.75) is 54.0 Å². The summed E-state index contributed by atoms with van der Waals surface area (Å²) < 4.78 is 7.65. The Bertz CT molecular complexity index is 860. The van der Waals surface area contributed by atoms with E-state index in [-0.39, 0.29) is 5.91 Å². The molecule has 0 aliphatic rings. The third kappa shape index (κ3) is 10.3. The number of allylic oxidation sites excluding steroid dienone is 2. The Labute approximate surface area is 174 Å². The van der Waals surface area contributed by atoms with Crippen LogP contribution in [0.25, 0.3) is 12.2 Å². The smallest absolute Gasteiger partial charge is 0.230 e. The number of nitrogens with one attached hydrogen (secondary N) is 3. The van der Waals surface area contributed by atoms with Gasteiger partial charge in [-0.1, -0.05) is 45.4 Å². The average molecular weight is 401 g/mol. The number of aromatic nitrogens is 1. The lowest BCUT2D eigenvalue weighted by Crippen LogP contribution is -2.31. The molecule has 0 aromatic carbocycles. The van der Waals surface area contributed by atoms with Gasteiger partial charge in [-0.05, 0) is 36.8 Å². The topological polar surface area (TPSA) is 83.1 Å². The molecule has 0 saturated heterocycles. The summed E-state index contributed by atoms with van der Waals surface area (Å²) in [5, 5.41) is 9.63. The lowest BCUT2D eigenvalue weighted by atomic mass is 10.3. The normalized spacial score (nSPS) is 11.5. The number of carbonyl (C=O) groups is 1. The molecule has 1 amide bonds. The largest absolute Gasteiger partial charge is 0.467 e. The van der Waals surface area contributed by atoms with Crippen LogP contribution in [-0.4, -0.2) is 23.7 Å². The summed E-state index contributed by atoms with van der Waals surface area (Å²) in [7, 11) is 1.64. The van der Waals surface area contributed by atoms with Crippen LogP contribution in [0.5, 0.6) is 0 Å². The molecule has 3 N–H and O–H groups in total. The van der Waals surface area contributed by atoms with Gasteiger partial charge in [0.05, 0.1) is 12.8 Å². The van der Waals surface area contributed by atoms with Crippen LogP contribution in [0.3, 0.4) is 0 Å². The first-order valence-electron chi connectivity index (χ1n) is 10.0. The maximum Gasteiger partial charge on any atom is 0.230 e. The average Bonchev–Trinajstić information content (AvgIpc) is 3.34. The SMILES string of the molecule is C/C=c1/ccn(Cc2cc(C=N)co2)/c1=C/C=C\CCC.CC.CNNC(C)=O. The van der Waals surface area contributed by atoms with Gasteiger partial charge in [-0.25, -0.2) is 5.43 Å². The summed E-state index contributed by atoms with van der Waals surface area (Å²) in [4.78, 5) is 9.87. The Morgan fingerprint density at radius 3 is 2.55 bits per heavy atom. The molecule has 6 heteroatoms. The Kier molecular flexibility index (Phi) is 14.5. The van der Waals surface area contributed by atoms with Crippen LogP contribution in [0, 0.1) is 5.41 Å². The van der Waals surface area contributed by atoms with Crippen molar-refractivity contribution >= 4 is 24.3 Å². The van der Waals surface area contributed by atoms with Crippen molar-refractivity contribution in [2.24, 2.45) is 0 Å². The van der Waals surface area contributed by atoms with Gasteiger partial charge in [-0.15, -0.1) is 0 Å². The maximum absolute atomic E-state index is 9.87. The highest BCUT2D eigenvalue weighted by Gasteiger charge is 2.02. The van der Waals surface area contributed by atoms with E-state index in [0.717, 1.165) is 24.2 Å². The Hall–Kier alpha value is -2.86. The molecule has 0 aliphatic carbocycles. The van der Waals surface area contributed by atoms with Crippen LogP contribution < -0.4 is 21.4 Å². The Morgan fingerprint density at radius 1 is 1.34 bits per heavy atom. The summed E-state index contributed by atoms with van der Waals surface area (Å²) >= 11 is 0. The molecule has 2 rings (SSSR count). The van der Waals surface area contributed by atoms with Crippen LogP contribution in [0.15, 0.2) is 41.2 Å². The molecular formula is C23H36N4O2. The number of nitrogens with zero attached hydrogens (tertiary/aromatic N) is 1. The molecule has 2 aromatic heterocycles. The molecule has 0 saturated carbocycles. The van der Waals surface area contributed by atoms with Crippen molar-refractivity contribution in [1.82, 2.24) is 15.4 Å². The molecule has 0 radical (unpaired) electrons. The number of hydrazine groups is 1. The van der Waals surface area contributed by atoms with Gasteiger partial charge in [0, 0.05) is 37.3 Å². The van der Waals surface area contributed by atoms with Gasteiger partial charge >= 0.3 is 0 Å². The Balaban J connectivity index is 0.000000841. The number of furan rings is 1. The second-order valence-electron chi connectivity index (χ2n) is 5.88. The monoisotopic (exact) mass is 400 g/mol. The number of hydrogen-bond acceptors (Lipinski definition) is 4. The third-order valence-corrected chi connectivity index (χ3v) is 3.66. The van der Waals surface area contributed by atoms with Crippen molar-refractivity contribution < 1.29 is 9.21 Å². The molecule has 0 fully saturated rings. The van der Waals surface area contributed by atoms with E-state index in [4.69, 9.17) is 9.83 Å². The summed E-state index contributed by atoms with van der Waals surface area (Å²) in [6, 6.07) is 4.01. The van der Waals surface area contributed by atoms with Crippen LogP contribution in [0.1, 0.15) is 58.8 Å². The number of unbranched alkanes of at least 4 members (excludes halogenated alkanes) is 1. The fraction of sp³-hybridized carbons (Fsp3) is 0.391. The first kappa shape index (κ1) is 26.1. The molecule has 29 heavy (non-hydrogen) atoms. The van der Waals surface area contributed by atoms with Crippen molar-refractivity contribution in [2.75, 3.05) is 7.05 Å². The fourth-order valence-electron chi connectivity index (χ4n) is 2.40. The number of carbonyl (C=O) groups excluding carboxylic acids is 1. The second-order valence-corrected chi connectivity index (χ2v) is 5.88. The molecule has 0 unspecified atom stereocenters. The minimum atomic E-state index is -0.0718. The number of hydrogen-bond donors (Lipinski definition) is 3. The summed E-state index contributed by atoms with van der Waals surface area (Å²) in [6.07, 6.45) is 15.8. The molecule has 0 atom stereocenters. The van der Waals surface area contributed by atoms with Crippen molar-refractivity contribution in [3.63, 3.8) is 0 Å². The first-order chi connectivity index (χ1) is 14.0. The van der Waals surface area contributed by atoms with E-state index in [9.17, 15) is 4.79 Å². The van der Waals surface area contributed by atoms with Crippen molar-refractivity contribution in [1.29, 1.82) is 5.41 Å². The van der Waals surface area contributed by atoms with E-state index >= 15 is 0 Å². The number of amides is 1. The van der Waals surface area contributed by atoms with Gasteiger partial charge in [0.2, 0.25) is 5.91 Å². The predicted octanol–water partition coefficient (Wildman–Crippen LogP) is 3.35. The van der Waals surface area contributed by atoms with Gasteiger partial charge in [0.1, 0.15) is 5.76 Å². The van der Waals surface area contributed by atoms with Crippen LogP contribution in [0.2, 0.25) is 0 Å². The molecule has 160 valence electrons. The van der Waals surface area contributed by atoms with E-state index in [1.807, 2.05) is 26.8 Å². The maximum atomic E-state index is 9.87. The highest BCUT2D eigenvalue weighted by atomic mass is 16.3. The fourth-order valence-corrected chi connectivity index (χ4v) is 2.40. The third-order valence-electron chi connectivity index (χ3n) is 3.66. The first-order valence-corrected chi connectivity index (χ1v) is 10.0. The minimum absolute atomic E-state index is 0.0718. The summed E-state index contributed by atoms with van der Waals surface area (Å²) in [6.45, 7) is 10.3. The highest BCUT2D eigenvalue weighted by Crippen LogP contribution is 2.06. The van der Waals surface area contributed by atoms with Crippen molar-refractivity contribution in [3.05, 3.63) is 58.6 Å². The van der Waals surface area contributed by atoms with Crippen LogP contribution in [-0.2, 0) is 11.3 Å². The molecule has 0 aliphatic heterocycles. The molecule has 2 aromatic rings. The zero-order valence-corrected chi connectivity index (χ0v) is 18.6.